The Morgan fingerprint density at radius 2 is 1.33 bits per heavy atom. The number of hydrogen-bond acceptors (Lipinski definition) is 3. The maximum Gasteiger partial charge on any atom is 0.255 e. The molecule has 5 heteroatoms. The first-order valence-electron chi connectivity index (χ1n) is 8.35. The van der Waals surface area contributed by atoms with Gasteiger partial charge in [0.15, 0.2) is 0 Å². The lowest BCUT2D eigenvalue weighted by atomic mass is 10.1. The van der Waals surface area contributed by atoms with E-state index in [2.05, 4.69) is 10.6 Å². The van der Waals surface area contributed by atoms with Gasteiger partial charge in [0.1, 0.15) is 0 Å². The molecule has 3 aromatic carbocycles. The highest BCUT2D eigenvalue weighted by Gasteiger charge is 2.11. The predicted octanol–water partition coefficient (Wildman–Crippen LogP) is 4.37. The molecule has 0 saturated heterocycles. The Bertz CT molecular complexity index is 1050. The molecule has 0 aliphatic carbocycles. The number of nitrogens with one attached hydrogen (secondary N) is 2. The molecule has 2 N–H and O–H groups in total. The van der Waals surface area contributed by atoms with Crippen LogP contribution >= 0.6 is 0 Å². The lowest BCUT2D eigenvalue weighted by Crippen LogP contribution is -2.15. The molecule has 3 aromatic rings. The second kappa shape index (κ2) is 7.98. The van der Waals surface area contributed by atoms with Crippen LogP contribution in [-0.4, -0.2) is 11.8 Å². The highest BCUT2D eigenvalue weighted by Crippen LogP contribution is 2.15. The van der Waals surface area contributed by atoms with Gasteiger partial charge < -0.3 is 10.6 Å². The third kappa shape index (κ3) is 4.59. The Labute approximate surface area is 157 Å². The molecule has 0 unspecified atom stereocenters. The minimum Gasteiger partial charge on any atom is -0.322 e. The zero-order valence-electron chi connectivity index (χ0n) is 14.7. The number of amides is 2. The molecule has 3 rings (SSSR count). The van der Waals surface area contributed by atoms with E-state index in [1.54, 1.807) is 42.5 Å². The first kappa shape index (κ1) is 17.9. The van der Waals surface area contributed by atoms with Gasteiger partial charge in [-0.05, 0) is 61.0 Å². The highest BCUT2D eigenvalue weighted by atomic mass is 16.2. The van der Waals surface area contributed by atoms with E-state index in [1.807, 2.05) is 37.3 Å². The van der Waals surface area contributed by atoms with Gasteiger partial charge in [-0.2, -0.15) is 5.26 Å². The van der Waals surface area contributed by atoms with Gasteiger partial charge in [0.2, 0.25) is 0 Å². The molecule has 0 aromatic heterocycles. The molecule has 0 saturated carbocycles. The van der Waals surface area contributed by atoms with E-state index >= 15 is 0 Å². The molecule has 0 radical (unpaired) electrons. The summed E-state index contributed by atoms with van der Waals surface area (Å²) in [6, 6.07) is 22.6. The SMILES string of the molecule is Cc1cccc(NC(=O)c2cccc(C(=O)Nc3cccc(C#N)c3)c2)c1. The molecule has 0 spiro atoms. The summed E-state index contributed by atoms with van der Waals surface area (Å²) in [5.41, 5.74) is 3.46. The van der Waals surface area contributed by atoms with Gasteiger partial charge >= 0.3 is 0 Å². The largest absolute Gasteiger partial charge is 0.322 e. The number of nitriles is 1. The number of benzene rings is 3. The molecule has 132 valence electrons. The van der Waals surface area contributed by atoms with Crippen molar-refractivity contribution in [1.82, 2.24) is 0 Å². The smallest absolute Gasteiger partial charge is 0.255 e. The predicted molar refractivity (Wildman–Crippen MR) is 105 cm³/mol. The number of hydrogen-bond donors (Lipinski definition) is 2. The molecule has 5 nitrogen and oxygen atoms in total. The minimum absolute atomic E-state index is 0.290. The fourth-order valence-electron chi connectivity index (χ4n) is 2.60. The van der Waals surface area contributed by atoms with Gasteiger partial charge in [-0.1, -0.05) is 24.3 Å². The van der Waals surface area contributed by atoms with E-state index in [4.69, 9.17) is 5.26 Å². The van der Waals surface area contributed by atoms with Crippen molar-refractivity contribution in [3.05, 3.63) is 95.1 Å². The van der Waals surface area contributed by atoms with E-state index in [0.717, 1.165) is 5.56 Å². The number of nitrogens with zero attached hydrogens (tertiary/aromatic N) is 1. The second-order valence-electron chi connectivity index (χ2n) is 6.05. The average Bonchev–Trinajstić information content (AvgIpc) is 2.68. The quantitative estimate of drug-likeness (QED) is 0.729. The average molecular weight is 355 g/mol. The lowest BCUT2D eigenvalue weighted by molar-refractivity contribution is 0.102. The normalized spacial score (nSPS) is 9.93. The van der Waals surface area contributed by atoms with Crippen LogP contribution in [0.15, 0.2) is 72.8 Å². The van der Waals surface area contributed by atoms with Gasteiger partial charge in [0, 0.05) is 22.5 Å². The van der Waals surface area contributed by atoms with Crippen molar-refractivity contribution in [1.29, 1.82) is 5.26 Å². The molecule has 0 fully saturated rings. The van der Waals surface area contributed by atoms with Gasteiger partial charge in [-0.3, -0.25) is 9.59 Å². The van der Waals surface area contributed by atoms with Crippen LogP contribution in [0.25, 0.3) is 0 Å². The Kier molecular flexibility index (Phi) is 5.29. The Hall–Kier alpha value is -3.91. The number of carbonyl (C=O) groups excluding carboxylic acids is 2. The van der Waals surface area contributed by atoms with E-state index in [-0.39, 0.29) is 11.8 Å². The summed E-state index contributed by atoms with van der Waals surface area (Å²) in [6.45, 7) is 1.95. The van der Waals surface area contributed by atoms with E-state index in [0.29, 0.717) is 28.1 Å². The van der Waals surface area contributed by atoms with Gasteiger partial charge in [0.25, 0.3) is 11.8 Å². The van der Waals surface area contributed by atoms with Crippen LogP contribution in [0.3, 0.4) is 0 Å². The molecular weight excluding hydrogens is 338 g/mol. The molecule has 27 heavy (non-hydrogen) atoms. The Morgan fingerprint density at radius 3 is 1.93 bits per heavy atom. The van der Waals surface area contributed by atoms with Crippen molar-refractivity contribution in [3.63, 3.8) is 0 Å². The van der Waals surface area contributed by atoms with Crippen LogP contribution in [0.1, 0.15) is 31.8 Å². The number of aryl methyl sites for hydroxylation is 1. The summed E-state index contributed by atoms with van der Waals surface area (Å²) in [5.74, 6) is -0.642. The van der Waals surface area contributed by atoms with Crippen LogP contribution in [0.5, 0.6) is 0 Å². The summed E-state index contributed by atoms with van der Waals surface area (Å²) < 4.78 is 0. The number of anilines is 2. The Balaban J connectivity index is 1.75. The van der Waals surface area contributed by atoms with Gasteiger partial charge in [-0.15, -0.1) is 0 Å². The van der Waals surface area contributed by atoms with Crippen LogP contribution in [-0.2, 0) is 0 Å². The highest BCUT2D eigenvalue weighted by molar-refractivity contribution is 6.08. The summed E-state index contributed by atoms with van der Waals surface area (Å²) in [5, 5.41) is 14.5. The molecule has 0 atom stereocenters. The number of rotatable bonds is 4. The number of carbonyl (C=O) groups is 2. The Morgan fingerprint density at radius 1 is 0.778 bits per heavy atom. The van der Waals surface area contributed by atoms with E-state index in [1.165, 1.54) is 6.07 Å². The lowest BCUT2D eigenvalue weighted by Gasteiger charge is -2.09. The fraction of sp³-hybridized carbons (Fsp3) is 0.0455. The van der Waals surface area contributed by atoms with Crippen molar-refractivity contribution in [2.24, 2.45) is 0 Å². The third-order valence-corrected chi connectivity index (χ3v) is 3.91. The van der Waals surface area contributed by atoms with Crippen LogP contribution < -0.4 is 10.6 Å². The first-order valence-corrected chi connectivity index (χ1v) is 8.35. The van der Waals surface area contributed by atoms with E-state index < -0.39 is 0 Å². The second-order valence-corrected chi connectivity index (χ2v) is 6.05. The van der Waals surface area contributed by atoms with Crippen LogP contribution in [0.2, 0.25) is 0 Å². The zero-order chi connectivity index (χ0) is 19.2. The summed E-state index contributed by atoms with van der Waals surface area (Å²) in [7, 11) is 0. The van der Waals surface area contributed by atoms with Crippen molar-refractivity contribution in [2.45, 2.75) is 6.92 Å². The molecule has 0 bridgehead atoms. The molecule has 0 aliphatic heterocycles. The maximum absolute atomic E-state index is 12.5. The van der Waals surface area contributed by atoms with Crippen molar-refractivity contribution >= 4 is 23.2 Å². The molecule has 2 amide bonds. The summed E-state index contributed by atoms with van der Waals surface area (Å²) in [4.78, 5) is 24.9. The van der Waals surface area contributed by atoms with Crippen molar-refractivity contribution < 1.29 is 9.59 Å². The standard InChI is InChI=1S/C22H17N3O2/c1-15-5-2-9-19(11-15)24-21(26)17-7-4-8-18(13-17)22(27)25-20-10-3-6-16(12-20)14-23/h2-13H,1H3,(H,24,26)(H,25,27). The van der Waals surface area contributed by atoms with Crippen molar-refractivity contribution in [3.8, 4) is 6.07 Å². The minimum atomic E-state index is -0.352. The molecule has 0 aliphatic rings. The maximum atomic E-state index is 12.5. The zero-order valence-corrected chi connectivity index (χ0v) is 14.7. The topological polar surface area (TPSA) is 82.0 Å². The van der Waals surface area contributed by atoms with Crippen molar-refractivity contribution in [2.75, 3.05) is 10.6 Å². The van der Waals surface area contributed by atoms with E-state index in [9.17, 15) is 9.59 Å². The molecule has 0 heterocycles. The monoisotopic (exact) mass is 355 g/mol. The summed E-state index contributed by atoms with van der Waals surface area (Å²) in [6.07, 6.45) is 0. The van der Waals surface area contributed by atoms with Gasteiger partial charge in [-0.25, -0.2) is 0 Å². The molecular formula is C22H17N3O2. The summed E-state index contributed by atoms with van der Waals surface area (Å²) >= 11 is 0. The third-order valence-electron chi connectivity index (χ3n) is 3.91. The van der Waals surface area contributed by atoms with Crippen LogP contribution in [0.4, 0.5) is 11.4 Å². The first-order chi connectivity index (χ1) is 13.0. The fourth-order valence-corrected chi connectivity index (χ4v) is 2.60. The van der Waals surface area contributed by atoms with Gasteiger partial charge in [0.05, 0.1) is 11.6 Å². The van der Waals surface area contributed by atoms with Crippen LogP contribution in [0, 0.1) is 18.3 Å².